The first kappa shape index (κ1) is 15.1. The van der Waals surface area contributed by atoms with Crippen LogP contribution in [-0.2, 0) is 4.74 Å². The highest BCUT2D eigenvalue weighted by Gasteiger charge is 2.27. The summed E-state index contributed by atoms with van der Waals surface area (Å²) in [6.07, 6.45) is -3.49. The number of alkyl halides is 2. The fraction of sp³-hybridized carbons (Fsp3) is 0.900. The van der Waals surface area contributed by atoms with Crippen molar-refractivity contribution in [2.24, 2.45) is 0 Å². The molecule has 6 heteroatoms. The smallest absolute Gasteiger partial charge is 0.410 e. The number of aliphatic hydroxyl groups is 1. The van der Waals surface area contributed by atoms with E-state index >= 15 is 0 Å². The lowest BCUT2D eigenvalue weighted by molar-refractivity contribution is -0.00569. The van der Waals surface area contributed by atoms with Gasteiger partial charge in [-0.3, -0.25) is 4.90 Å². The SMILES string of the molecule is CC(CO)N(CC(F)F)C(=O)OC(C)(C)C. The molecule has 16 heavy (non-hydrogen) atoms. The molecule has 0 spiro atoms. The van der Waals surface area contributed by atoms with Crippen LogP contribution in [0.4, 0.5) is 13.6 Å². The molecule has 4 nitrogen and oxygen atoms in total. The molecule has 0 heterocycles. The van der Waals surface area contributed by atoms with Gasteiger partial charge in [0.25, 0.3) is 6.43 Å². The molecular weight excluding hydrogens is 220 g/mol. The highest BCUT2D eigenvalue weighted by Crippen LogP contribution is 2.13. The van der Waals surface area contributed by atoms with Gasteiger partial charge in [-0.15, -0.1) is 0 Å². The molecule has 0 saturated carbocycles. The van der Waals surface area contributed by atoms with Crippen LogP contribution in [0.1, 0.15) is 27.7 Å². The van der Waals surface area contributed by atoms with Gasteiger partial charge in [0.2, 0.25) is 0 Å². The van der Waals surface area contributed by atoms with E-state index in [-0.39, 0.29) is 6.61 Å². The number of halogens is 2. The number of aliphatic hydroxyl groups excluding tert-OH is 1. The summed E-state index contributed by atoms with van der Waals surface area (Å²) < 4.78 is 29.5. The van der Waals surface area contributed by atoms with Crippen LogP contribution < -0.4 is 0 Å². The van der Waals surface area contributed by atoms with Gasteiger partial charge in [0.1, 0.15) is 5.60 Å². The van der Waals surface area contributed by atoms with Crippen LogP contribution in [0.15, 0.2) is 0 Å². The zero-order chi connectivity index (χ0) is 12.9. The normalized spacial score (nSPS) is 13.8. The Labute approximate surface area is 94.2 Å². The summed E-state index contributed by atoms with van der Waals surface area (Å²) in [5.74, 6) is 0. The van der Waals surface area contributed by atoms with Crippen molar-refractivity contribution in [2.45, 2.75) is 45.8 Å². The molecule has 1 N–H and O–H groups in total. The molecule has 1 atom stereocenters. The number of rotatable bonds is 4. The molecule has 0 aliphatic heterocycles. The minimum atomic E-state index is -2.65. The van der Waals surface area contributed by atoms with E-state index in [1.54, 1.807) is 20.8 Å². The maximum absolute atomic E-state index is 12.2. The highest BCUT2D eigenvalue weighted by molar-refractivity contribution is 5.68. The Kier molecular flexibility index (Phi) is 5.64. The van der Waals surface area contributed by atoms with E-state index in [9.17, 15) is 13.6 Å². The Morgan fingerprint density at radius 2 is 1.94 bits per heavy atom. The Morgan fingerprint density at radius 1 is 1.44 bits per heavy atom. The van der Waals surface area contributed by atoms with Gasteiger partial charge >= 0.3 is 6.09 Å². The van der Waals surface area contributed by atoms with Crippen molar-refractivity contribution in [3.05, 3.63) is 0 Å². The van der Waals surface area contributed by atoms with Gasteiger partial charge in [-0.05, 0) is 27.7 Å². The number of carbonyl (C=O) groups is 1. The first-order chi connectivity index (χ1) is 7.17. The predicted molar refractivity (Wildman–Crippen MR) is 55.5 cm³/mol. The topological polar surface area (TPSA) is 49.8 Å². The van der Waals surface area contributed by atoms with Crippen LogP contribution in [-0.4, -0.2) is 47.3 Å². The summed E-state index contributed by atoms with van der Waals surface area (Å²) in [5.41, 5.74) is -0.743. The summed E-state index contributed by atoms with van der Waals surface area (Å²) in [6, 6.07) is -0.691. The molecule has 0 aromatic carbocycles. The van der Waals surface area contributed by atoms with E-state index in [1.165, 1.54) is 6.92 Å². The standard InChI is InChI=1S/C10H19F2NO3/c1-7(6-14)13(5-8(11)12)9(15)16-10(2,3)4/h7-8,14H,5-6H2,1-4H3. The van der Waals surface area contributed by atoms with Crippen molar-refractivity contribution in [1.29, 1.82) is 0 Å². The van der Waals surface area contributed by atoms with Gasteiger partial charge in [-0.2, -0.15) is 0 Å². The quantitative estimate of drug-likeness (QED) is 0.814. The average Bonchev–Trinajstić information content (AvgIpc) is 2.09. The molecule has 0 aliphatic carbocycles. The van der Waals surface area contributed by atoms with Gasteiger partial charge in [0.15, 0.2) is 0 Å². The van der Waals surface area contributed by atoms with Crippen LogP contribution >= 0.6 is 0 Å². The van der Waals surface area contributed by atoms with Crippen molar-refractivity contribution < 1.29 is 23.4 Å². The molecule has 0 aromatic rings. The van der Waals surface area contributed by atoms with Crippen molar-refractivity contribution >= 4 is 6.09 Å². The lowest BCUT2D eigenvalue weighted by Crippen LogP contribution is -2.45. The van der Waals surface area contributed by atoms with E-state index in [0.717, 1.165) is 4.90 Å². The van der Waals surface area contributed by atoms with E-state index in [2.05, 4.69) is 0 Å². The monoisotopic (exact) mass is 239 g/mol. The highest BCUT2D eigenvalue weighted by atomic mass is 19.3. The Balaban J connectivity index is 4.56. The Bertz CT molecular complexity index is 229. The first-order valence-electron chi connectivity index (χ1n) is 5.06. The van der Waals surface area contributed by atoms with Crippen molar-refractivity contribution in [3.63, 3.8) is 0 Å². The third kappa shape index (κ3) is 5.85. The van der Waals surface area contributed by atoms with Crippen molar-refractivity contribution in [1.82, 2.24) is 4.90 Å². The molecule has 96 valence electrons. The van der Waals surface area contributed by atoms with Crippen LogP contribution in [0.2, 0.25) is 0 Å². The number of nitrogens with zero attached hydrogens (tertiary/aromatic N) is 1. The second kappa shape index (κ2) is 5.98. The molecule has 0 rings (SSSR count). The maximum Gasteiger partial charge on any atom is 0.410 e. The number of ether oxygens (including phenoxy) is 1. The summed E-state index contributed by atoms with van der Waals surface area (Å²) in [5, 5.41) is 8.87. The van der Waals surface area contributed by atoms with Gasteiger partial charge in [-0.1, -0.05) is 0 Å². The molecule has 0 fully saturated rings. The van der Waals surface area contributed by atoms with Crippen LogP contribution in [0.3, 0.4) is 0 Å². The summed E-state index contributed by atoms with van der Waals surface area (Å²) in [6.45, 7) is 5.30. The van der Waals surface area contributed by atoms with Crippen molar-refractivity contribution in [2.75, 3.05) is 13.2 Å². The molecule has 1 unspecified atom stereocenters. The summed E-state index contributed by atoms with van der Waals surface area (Å²) in [4.78, 5) is 12.4. The van der Waals surface area contributed by atoms with Gasteiger partial charge in [-0.25, -0.2) is 13.6 Å². The third-order valence-corrected chi connectivity index (χ3v) is 1.76. The number of hydrogen-bond acceptors (Lipinski definition) is 3. The minimum Gasteiger partial charge on any atom is -0.444 e. The molecule has 1 amide bonds. The lowest BCUT2D eigenvalue weighted by Gasteiger charge is -2.30. The number of carbonyl (C=O) groups excluding carboxylic acids is 1. The molecular formula is C10H19F2NO3. The molecule has 0 aliphatic rings. The van der Waals surface area contributed by atoms with Gasteiger partial charge < -0.3 is 9.84 Å². The zero-order valence-electron chi connectivity index (χ0n) is 10.0. The van der Waals surface area contributed by atoms with E-state index in [0.29, 0.717) is 0 Å². The third-order valence-electron chi connectivity index (χ3n) is 1.76. The number of hydrogen-bond donors (Lipinski definition) is 1. The Morgan fingerprint density at radius 3 is 2.25 bits per heavy atom. The first-order valence-corrected chi connectivity index (χ1v) is 5.06. The second-order valence-corrected chi connectivity index (χ2v) is 4.56. The lowest BCUT2D eigenvalue weighted by atomic mass is 10.2. The second-order valence-electron chi connectivity index (χ2n) is 4.56. The largest absolute Gasteiger partial charge is 0.444 e. The number of amides is 1. The van der Waals surface area contributed by atoms with E-state index in [1.807, 2.05) is 0 Å². The average molecular weight is 239 g/mol. The minimum absolute atomic E-state index is 0.383. The van der Waals surface area contributed by atoms with Gasteiger partial charge in [0.05, 0.1) is 19.2 Å². The van der Waals surface area contributed by atoms with Gasteiger partial charge in [0, 0.05) is 0 Å². The molecule has 0 saturated heterocycles. The van der Waals surface area contributed by atoms with Crippen LogP contribution in [0, 0.1) is 0 Å². The van der Waals surface area contributed by atoms with E-state index < -0.39 is 30.7 Å². The maximum atomic E-state index is 12.2. The van der Waals surface area contributed by atoms with Crippen LogP contribution in [0.25, 0.3) is 0 Å². The van der Waals surface area contributed by atoms with Crippen molar-refractivity contribution in [3.8, 4) is 0 Å². The predicted octanol–water partition coefficient (Wildman–Crippen LogP) is 1.87. The Hall–Kier alpha value is -0.910. The molecule has 0 aromatic heterocycles. The molecule has 0 radical (unpaired) electrons. The molecule has 0 bridgehead atoms. The fourth-order valence-electron chi connectivity index (χ4n) is 1.00. The summed E-state index contributed by atoms with van der Waals surface area (Å²) in [7, 11) is 0. The van der Waals surface area contributed by atoms with Crippen LogP contribution in [0.5, 0.6) is 0 Å². The van der Waals surface area contributed by atoms with E-state index in [4.69, 9.17) is 9.84 Å². The zero-order valence-corrected chi connectivity index (χ0v) is 10.0. The summed E-state index contributed by atoms with van der Waals surface area (Å²) >= 11 is 0. The fourth-order valence-corrected chi connectivity index (χ4v) is 1.00.